The van der Waals surface area contributed by atoms with E-state index in [1.54, 1.807) is 12.1 Å². The van der Waals surface area contributed by atoms with E-state index in [1.807, 2.05) is 25.1 Å². The average molecular weight is 219 g/mol. The number of ether oxygens (including phenoxy) is 1. The first kappa shape index (κ1) is 12.3. The van der Waals surface area contributed by atoms with Crippen LogP contribution >= 0.6 is 0 Å². The van der Waals surface area contributed by atoms with Crippen LogP contribution in [0.5, 0.6) is 5.75 Å². The first-order chi connectivity index (χ1) is 7.66. The van der Waals surface area contributed by atoms with Crippen LogP contribution in [0.4, 0.5) is 0 Å². The van der Waals surface area contributed by atoms with E-state index in [0.29, 0.717) is 17.9 Å². The number of rotatable bonds is 5. The third kappa shape index (κ3) is 3.12. The van der Waals surface area contributed by atoms with Gasteiger partial charge in [-0.25, -0.2) is 0 Å². The fraction of sp³-hybridized carbons (Fsp3) is 0.308. The van der Waals surface area contributed by atoms with Crippen LogP contribution in [0.1, 0.15) is 29.3 Å². The molecule has 16 heavy (non-hydrogen) atoms. The third-order valence-corrected chi connectivity index (χ3v) is 2.29. The predicted molar refractivity (Wildman–Crippen MR) is 64.6 cm³/mol. The SMILES string of the molecule is CC/C=C\COc1cccc(C(N)=O)c1C. The number of allylic oxidation sites excluding steroid dienone is 1. The van der Waals surface area contributed by atoms with Crippen LogP contribution in [-0.4, -0.2) is 12.5 Å². The third-order valence-electron chi connectivity index (χ3n) is 2.29. The summed E-state index contributed by atoms with van der Waals surface area (Å²) in [4.78, 5) is 11.1. The highest BCUT2D eigenvalue weighted by molar-refractivity contribution is 5.94. The molecule has 1 aromatic rings. The molecular formula is C13H17NO2. The summed E-state index contributed by atoms with van der Waals surface area (Å²) in [7, 11) is 0. The number of primary amides is 1. The van der Waals surface area contributed by atoms with Gasteiger partial charge in [-0.2, -0.15) is 0 Å². The number of carbonyl (C=O) groups is 1. The maximum atomic E-state index is 11.1. The molecule has 1 aromatic carbocycles. The van der Waals surface area contributed by atoms with Crippen LogP contribution in [0.15, 0.2) is 30.4 Å². The molecule has 0 aromatic heterocycles. The molecule has 0 saturated heterocycles. The molecule has 0 radical (unpaired) electrons. The van der Waals surface area contributed by atoms with E-state index in [1.165, 1.54) is 0 Å². The van der Waals surface area contributed by atoms with Gasteiger partial charge in [0.2, 0.25) is 5.91 Å². The minimum atomic E-state index is -0.424. The topological polar surface area (TPSA) is 52.3 Å². The van der Waals surface area contributed by atoms with Crippen molar-refractivity contribution in [2.75, 3.05) is 6.61 Å². The van der Waals surface area contributed by atoms with Crippen LogP contribution in [0.3, 0.4) is 0 Å². The minimum absolute atomic E-state index is 0.424. The van der Waals surface area contributed by atoms with Crippen molar-refractivity contribution in [1.29, 1.82) is 0 Å². The lowest BCUT2D eigenvalue weighted by Gasteiger charge is -2.09. The zero-order valence-electron chi connectivity index (χ0n) is 9.69. The summed E-state index contributed by atoms with van der Waals surface area (Å²) in [5.74, 6) is 0.282. The lowest BCUT2D eigenvalue weighted by molar-refractivity contribution is 0.0999. The smallest absolute Gasteiger partial charge is 0.249 e. The van der Waals surface area contributed by atoms with Gasteiger partial charge in [0.25, 0.3) is 0 Å². The van der Waals surface area contributed by atoms with Crippen LogP contribution in [0.25, 0.3) is 0 Å². The summed E-state index contributed by atoms with van der Waals surface area (Å²) < 4.78 is 5.54. The summed E-state index contributed by atoms with van der Waals surface area (Å²) in [5, 5.41) is 0. The standard InChI is InChI=1S/C13H17NO2/c1-3-4-5-9-16-12-8-6-7-11(10(12)2)13(14)15/h4-8H,3,9H2,1-2H3,(H2,14,15)/b5-4-. The number of hydrogen-bond donors (Lipinski definition) is 1. The fourth-order valence-electron chi connectivity index (χ4n) is 1.41. The van der Waals surface area contributed by atoms with Gasteiger partial charge in [-0.15, -0.1) is 0 Å². The molecular weight excluding hydrogens is 202 g/mol. The fourth-order valence-corrected chi connectivity index (χ4v) is 1.41. The van der Waals surface area contributed by atoms with Gasteiger partial charge in [0, 0.05) is 11.1 Å². The summed E-state index contributed by atoms with van der Waals surface area (Å²) in [6.07, 6.45) is 4.98. The molecule has 86 valence electrons. The number of hydrogen-bond acceptors (Lipinski definition) is 2. The zero-order valence-corrected chi connectivity index (χ0v) is 9.69. The zero-order chi connectivity index (χ0) is 12.0. The summed E-state index contributed by atoms with van der Waals surface area (Å²) in [6.45, 7) is 4.41. The van der Waals surface area contributed by atoms with Crippen molar-refractivity contribution < 1.29 is 9.53 Å². The van der Waals surface area contributed by atoms with Crippen molar-refractivity contribution in [2.24, 2.45) is 5.73 Å². The number of nitrogens with two attached hydrogens (primary N) is 1. The normalized spacial score (nSPS) is 10.6. The summed E-state index contributed by atoms with van der Waals surface area (Å²) >= 11 is 0. The van der Waals surface area contributed by atoms with E-state index in [4.69, 9.17) is 10.5 Å². The maximum absolute atomic E-state index is 11.1. The Balaban J connectivity index is 2.77. The molecule has 0 spiro atoms. The van der Waals surface area contributed by atoms with Gasteiger partial charge in [-0.05, 0) is 25.5 Å². The van der Waals surface area contributed by atoms with Crippen LogP contribution in [0, 0.1) is 6.92 Å². The van der Waals surface area contributed by atoms with Crippen molar-refractivity contribution in [3.8, 4) is 5.75 Å². The Labute approximate surface area is 95.9 Å². The Morgan fingerprint density at radius 3 is 2.81 bits per heavy atom. The maximum Gasteiger partial charge on any atom is 0.249 e. The Bertz CT molecular complexity index is 397. The van der Waals surface area contributed by atoms with Crippen molar-refractivity contribution >= 4 is 5.91 Å². The Morgan fingerprint density at radius 1 is 1.44 bits per heavy atom. The van der Waals surface area contributed by atoms with Crippen molar-refractivity contribution in [3.05, 3.63) is 41.5 Å². The minimum Gasteiger partial charge on any atom is -0.489 e. The Morgan fingerprint density at radius 2 is 2.19 bits per heavy atom. The molecule has 0 bridgehead atoms. The number of amides is 1. The molecule has 0 aliphatic carbocycles. The van der Waals surface area contributed by atoms with Crippen molar-refractivity contribution in [2.45, 2.75) is 20.3 Å². The van der Waals surface area contributed by atoms with E-state index < -0.39 is 5.91 Å². The highest BCUT2D eigenvalue weighted by atomic mass is 16.5. The first-order valence-corrected chi connectivity index (χ1v) is 5.34. The molecule has 0 aliphatic rings. The van der Waals surface area contributed by atoms with E-state index in [9.17, 15) is 4.79 Å². The van der Waals surface area contributed by atoms with E-state index in [-0.39, 0.29) is 0 Å². The van der Waals surface area contributed by atoms with Gasteiger partial charge in [0.15, 0.2) is 0 Å². The molecule has 1 rings (SSSR count). The second-order valence-electron chi connectivity index (χ2n) is 3.48. The molecule has 1 amide bonds. The van der Waals surface area contributed by atoms with Gasteiger partial charge in [0.05, 0.1) is 0 Å². The molecule has 0 atom stereocenters. The molecule has 3 nitrogen and oxygen atoms in total. The molecule has 0 saturated carbocycles. The predicted octanol–water partition coefficient (Wildman–Crippen LogP) is 2.44. The molecule has 2 N–H and O–H groups in total. The lowest BCUT2D eigenvalue weighted by Crippen LogP contribution is -2.13. The van der Waals surface area contributed by atoms with E-state index in [0.717, 1.165) is 12.0 Å². The second-order valence-corrected chi connectivity index (χ2v) is 3.48. The monoisotopic (exact) mass is 219 g/mol. The van der Waals surface area contributed by atoms with Gasteiger partial charge < -0.3 is 10.5 Å². The number of carbonyl (C=O) groups excluding carboxylic acids is 1. The molecule has 0 heterocycles. The van der Waals surface area contributed by atoms with Crippen LogP contribution in [-0.2, 0) is 0 Å². The molecule has 0 unspecified atom stereocenters. The highest BCUT2D eigenvalue weighted by Gasteiger charge is 2.08. The molecule has 0 aliphatic heterocycles. The molecule has 3 heteroatoms. The Kier molecular flexibility index (Phi) is 4.58. The van der Waals surface area contributed by atoms with Gasteiger partial charge >= 0.3 is 0 Å². The van der Waals surface area contributed by atoms with Crippen molar-refractivity contribution in [3.63, 3.8) is 0 Å². The van der Waals surface area contributed by atoms with Gasteiger partial charge in [-0.3, -0.25) is 4.79 Å². The highest BCUT2D eigenvalue weighted by Crippen LogP contribution is 2.20. The first-order valence-electron chi connectivity index (χ1n) is 5.34. The quantitative estimate of drug-likeness (QED) is 0.773. The number of benzene rings is 1. The summed E-state index contributed by atoms with van der Waals surface area (Å²) in [6, 6.07) is 5.31. The average Bonchev–Trinajstić information content (AvgIpc) is 2.26. The Hall–Kier alpha value is -1.77. The molecule has 0 fully saturated rings. The van der Waals surface area contributed by atoms with Gasteiger partial charge in [0.1, 0.15) is 12.4 Å². The summed E-state index contributed by atoms with van der Waals surface area (Å²) in [5.41, 5.74) is 6.55. The van der Waals surface area contributed by atoms with Crippen LogP contribution in [0.2, 0.25) is 0 Å². The lowest BCUT2D eigenvalue weighted by atomic mass is 10.1. The van der Waals surface area contributed by atoms with E-state index in [2.05, 4.69) is 6.92 Å². The van der Waals surface area contributed by atoms with E-state index >= 15 is 0 Å². The van der Waals surface area contributed by atoms with Gasteiger partial charge in [-0.1, -0.05) is 25.1 Å². The van der Waals surface area contributed by atoms with Crippen LogP contribution < -0.4 is 10.5 Å². The van der Waals surface area contributed by atoms with Crippen molar-refractivity contribution in [1.82, 2.24) is 0 Å². The second kappa shape index (κ2) is 5.95. The largest absolute Gasteiger partial charge is 0.489 e.